The average Bonchev–Trinajstić information content (AvgIpc) is 3.31. The summed E-state index contributed by atoms with van der Waals surface area (Å²) in [5.74, 6) is -6.78. The van der Waals surface area contributed by atoms with Gasteiger partial charge < -0.3 is 53.6 Å². The lowest BCUT2D eigenvalue weighted by molar-refractivity contribution is -0.384. The van der Waals surface area contributed by atoms with Crippen LogP contribution in [0, 0.1) is 23.7 Å². The Kier molecular flexibility index (Phi) is 16.6. The quantitative estimate of drug-likeness (QED) is 0.118. The molecule has 12 atom stereocenters. The van der Waals surface area contributed by atoms with E-state index >= 15 is 0 Å². The van der Waals surface area contributed by atoms with Crippen LogP contribution < -0.4 is 0 Å². The summed E-state index contributed by atoms with van der Waals surface area (Å²) < 4.78 is 40.9. The maximum atomic E-state index is 13.3. The molecule has 2 aliphatic rings. The fourth-order valence-electron chi connectivity index (χ4n) is 4.90. The molecule has 3 unspecified atom stereocenters. The minimum absolute atomic E-state index is 0.0426. The second kappa shape index (κ2) is 19.1. The zero-order chi connectivity index (χ0) is 36.3. The molecule has 0 aromatic rings. The summed E-state index contributed by atoms with van der Waals surface area (Å²) in [5, 5.41) is 41.5. The summed E-state index contributed by atoms with van der Waals surface area (Å²) in [4.78, 5) is 52.5. The number of ether oxygens (including phenoxy) is 7. The van der Waals surface area contributed by atoms with Crippen LogP contribution in [0.1, 0.15) is 87.5 Å². The van der Waals surface area contributed by atoms with Crippen LogP contribution in [0.3, 0.4) is 0 Å². The molecule has 0 aromatic carbocycles. The van der Waals surface area contributed by atoms with E-state index in [0.717, 1.165) is 0 Å². The number of rotatable bonds is 18. The molecule has 0 aromatic heterocycles. The summed E-state index contributed by atoms with van der Waals surface area (Å²) in [7, 11) is 0. The molecule has 15 heteroatoms. The Balaban J connectivity index is 2.71. The van der Waals surface area contributed by atoms with Gasteiger partial charge in [0.15, 0.2) is 18.3 Å². The van der Waals surface area contributed by atoms with Crippen molar-refractivity contribution in [3.63, 3.8) is 0 Å². The topological polar surface area (TPSA) is 214 Å². The maximum Gasteiger partial charge on any atom is 0.309 e. The van der Waals surface area contributed by atoms with Crippen LogP contribution in [0.4, 0.5) is 0 Å². The number of aliphatic hydroxyl groups excluding tert-OH is 4. The van der Waals surface area contributed by atoms with Crippen LogP contribution >= 0.6 is 0 Å². The van der Waals surface area contributed by atoms with E-state index in [9.17, 15) is 39.6 Å². The number of hydrogen-bond donors (Lipinski definition) is 4. The van der Waals surface area contributed by atoms with Crippen LogP contribution in [0.5, 0.6) is 0 Å². The van der Waals surface area contributed by atoms with Gasteiger partial charge in [-0.2, -0.15) is 0 Å². The summed E-state index contributed by atoms with van der Waals surface area (Å²) in [6.45, 7) is 11.7. The first-order valence-electron chi connectivity index (χ1n) is 16.9. The summed E-state index contributed by atoms with van der Waals surface area (Å²) in [6.07, 6.45) is -11.3. The molecule has 4 N–H and O–H groups in total. The fraction of sp³-hybridized carbons (Fsp3) is 0.879. The molecular formula is C33H56O15. The van der Waals surface area contributed by atoms with E-state index in [1.54, 1.807) is 41.5 Å². The van der Waals surface area contributed by atoms with E-state index in [1.807, 2.05) is 13.8 Å². The van der Waals surface area contributed by atoms with Gasteiger partial charge in [-0.15, -0.1) is 0 Å². The molecule has 0 bridgehead atoms. The smallest absolute Gasteiger partial charge is 0.309 e. The maximum absolute atomic E-state index is 13.3. The minimum Gasteiger partial charge on any atom is -0.463 e. The van der Waals surface area contributed by atoms with Crippen molar-refractivity contribution in [3.05, 3.63) is 0 Å². The van der Waals surface area contributed by atoms with E-state index in [2.05, 4.69) is 0 Å². The average molecular weight is 693 g/mol. The van der Waals surface area contributed by atoms with E-state index in [4.69, 9.17) is 33.2 Å². The van der Waals surface area contributed by atoms with Crippen molar-refractivity contribution in [2.24, 2.45) is 23.7 Å². The van der Waals surface area contributed by atoms with Crippen LogP contribution in [0.15, 0.2) is 0 Å². The van der Waals surface area contributed by atoms with Gasteiger partial charge in [0, 0.05) is 6.42 Å². The van der Waals surface area contributed by atoms with Crippen LogP contribution in [-0.2, 0) is 52.3 Å². The van der Waals surface area contributed by atoms with Crippen LogP contribution in [0.25, 0.3) is 0 Å². The summed E-state index contributed by atoms with van der Waals surface area (Å²) >= 11 is 0. The number of hydrogen-bond acceptors (Lipinski definition) is 15. The van der Waals surface area contributed by atoms with Crippen LogP contribution in [-0.4, -0.2) is 119 Å². The zero-order valence-electron chi connectivity index (χ0n) is 29.4. The molecule has 2 rings (SSSR count). The van der Waals surface area contributed by atoms with Gasteiger partial charge in [0.2, 0.25) is 12.1 Å². The van der Waals surface area contributed by atoms with Gasteiger partial charge in [-0.05, 0) is 31.6 Å². The van der Waals surface area contributed by atoms with E-state index in [1.165, 1.54) is 0 Å². The highest BCUT2D eigenvalue weighted by molar-refractivity contribution is 5.74. The Morgan fingerprint density at radius 2 is 1.29 bits per heavy atom. The molecule has 0 spiro atoms. The highest BCUT2D eigenvalue weighted by Gasteiger charge is 2.61. The monoisotopic (exact) mass is 692 g/mol. The fourth-order valence-corrected chi connectivity index (χ4v) is 4.90. The van der Waals surface area contributed by atoms with Gasteiger partial charge in [-0.1, -0.05) is 55.4 Å². The van der Waals surface area contributed by atoms with Gasteiger partial charge in [-0.25, -0.2) is 0 Å². The Morgan fingerprint density at radius 3 is 1.77 bits per heavy atom. The number of carbonyl (C=O) groups excluding carboxylic acids is 4. The molecule has 0 saturated carbocycles. The Bertz CT molecular complexity index is 1050. The molecule has 2 saturated heterocycles. The predicted octanol–water partition coefficient (Wildman–Crippen LogP) is 1.38. The van der Waals surface area contributed by atoms with Crippen molar-refractivity contribution in [2.75, 3.05) is 19.8 Å². The molecule has 2 aliphatic heterocycles. The largest absolute Gasteiger partial charge is 0.463 e. The normalized spacial score (nSPS) is 32.3. The molecule has 0 radical (unpaired) electrons. The third-order valence-corrected chi connectivity index (χ3v) is 8.94. The Hall–Kier alpha value is -2.40. The molecule has 48 heavy (non-hydrogen) atoms. The molecule has 15 nitrogen and oxygen atoms in total. The highest BCUT2D eigenvalue weighted by Crippen LogP contribution is 2.38. The number of esters is 4. The third-order valence-electron chi connectivity index (χ3n) is 8.94. The van der Waals surface area contributed by atoms with Gasteiger partial charge in [-0.3, -0.25) is 19.2 Å². The first kappa shape index (κ1) is 41.8. The second-order valence-electron chi connectivity index (χ2n) is 13.2. The first-order chi connectivity index (χ1) is 22.6. The summed E-state index contributed by atoms with van der Waals surface area (Å²) in [5.41, 5.74) is 0. The molecule has 278 valence electrons. The van der Waals surface area contributed by atoms with Crippen molar-refractivity contribution in [3.8, 4) is 0 Å². The Labute approximate surface area is 282 Å². The lowest BCUT2D eigenvalue weighted by Gasteiger charge is -2.46. The lowest BCUT2D eigenvalue weighted by atomic mass is 9.96. The minimum atomic E-state index is -2.41. The Morgan fingerprint density at radius 1 is 0.750 bits per heavy atom. The van der Waals surface area contributed by atoms with Crippen molar-refractivity contribution in [2.45, 2.75) is 142 Å². The van der Waals surface area contributed by atoms with Crippen molar-refractivity contribution < 1.29 is 72.8 Å². The van der Waals surface area contributed by atoms with Gasteiger partial charge in [0.05, 0.1) is 24.4 Å². The highest BCUT2D eigenvalue weighted by atomic mass is 16.8. The third kappa shape index (κ3) is 10.6. The van der Waals surface area contributed by atoms with Crippen molar-refractivity contribution in [1.29, 1.82) is 0 Å². The van der Waals surface area contributed by atoms with E-state index < -0.39 is 116 Å². The molecule has 0 amide bonds. The number of carbonyl (C=O) groups is 4. The van der Waals surface area contributed by atoms with E-state index in [-0.39, 0.29) is 12.3 Å². The molecule has 0 aliphatic carbocycles. The second-order valence-corrected chi connectivity index (χ2v) is 13.2. The van der Waals surface area contributed by atoms with Crippen LogP contribution in [0.2, 0.25) is 0 Å². The molecular weight excluding hydrogens is 636 g/mol. The van der Waals surface area contributed by atoms with E-state index in [0.29, 0.717) is 25.7 Å². The first-order valence-corrected chi connectivity index (χ1v) is 16.9. The molecule has 2 fully saturated rings. The van der Waals surface area contributed by atoms with Gasteiger partial charge in [0.25, 0.3) is 0 Å². The molecule has 2 heterocycles. The summed E-state index contributed by atoms with van der Waals surface area (Å²) in [6, 6.07) is 0. The number of aliphatic hydroxyl groups is 4. The van der Waals surface area contributed by atoms with Gasteiger partial charge >= 0.3 is 23.9 Å². The predicted molar refractivity (Wildman–Crippen MR) is 167 cm³/mol. The van der Waals surface area contributed by atoms with Gasteiger partial charge in [0.1, 0.15) is 37.6 Å². The van der Waals surface area contributed by atoms with Crippen molar-refractivity contribution >= 4 is 23.9 Å². The lowest BCUT2D eigenvalue weighted by Crippen LogP contribution is -2.65. The zero-order valence-corrected chi connectivity index (χ0v) is 29.4. The standard InChI is InChI=1S/C33H56O15/c1-9-18(6)29(39)42-15-22-25(45-30(40)19(7)10-2)26(44-23(36)13-12-17(4)5)27(46-31(41)20(8)11-3)32(43-22)48-33(16-35)28(38)24(37)21(14-34)47-33/h17-22,24-28,32,34-35,37-38H,9-16H2,1-8H3/t18?,19?,20?,21-,22-,24-,25-,26+,27-,28+,32-,33+/m1/s1. The SMILES string of the molecule is CCC(C)C(=O)OC[C@H]1O[C@H](O[C@]2(CO)O[C@H](CO)[C@@H](O)[C@@H]2O)[C@H](OC(=O)C(C)CC)[C@@H](OC(=O)CCC(C)C)[C@@H]1OC(=O)C(C)CC. The van der Waals surface area contributed by atoms with Crippen molar-refractivity contribution in [1.82, 2.24) is 0 Å².